The lowest BCUT2D eigenvalue weighted by molar-refractivity contribution is -0.118. The smallest absolute Gasteiger partial charge is 0.228 e. The van der Waals surface area contributed by atoms with E-state index in [0.29, 0.717) is 11.6 Å². The highest BCUT2D eigenvalue weighted by Gasteiger charge is 2.34. The van der Waals surface area contributed by atoms with Gasteiger partial charge in [-0.15, -0.1) is 0 Å². The minimum absolute atomic E-state index is 0.0296. The summed E-state index contributed by atoms with van der Waals surface area (Å²) in [6.45, 7) is 2.05. The Labute approximate surface area is 116 Å². The van der Waals surface area contributed by atoms with Crippen molar-refractivity contribution in [1.82, 2.24) is 4.98 Å². The van der Waals surface area contributed by atoms with Crippen molar-refractivity contribution in [2.75, 3.05) is 5.32 Å². The van der Waals surface area contributed by atoms with Gasteiger partial charge in [-0.1, -0.05) is 17.4 Å². The van der Waals surface area contributed by atoms with Crippen LogP contribution in [0.25, 0.3) is 10.2 Å². The Kier molecular flexibility index (Phi) is 3.03. The number of hydrogen-bond donors (Lipinski definition) is 2. The number of carbonyl (C=O) groups excluding carboxylic acids is 1. The standard InChI is InChI=1S/C14H17N3OS/c1-9-3-4-10-11(7-9)19-13(16-10)17-12(18)8-14(15)5-2-6-14/h3-4,7H,2,5-6,8,15H2,1H3,(H,16,17,18). The van der Waals surface area contributed by atoms with Gasteiger partial charge in [0.2, 0.25) is 5.91 Å². The number of amides is 1. The molecule has 1 heterocycles. The predicted molar refractivity (Wildman–Crippen MR) is 78.4 cm³/mol. The van der Waals surface area contributed by atoms with Gasteiger partial charge >= 0.3 is 0 Å². The van der Waals surface area contributed by atoms with Gasteiger partial charge in [0.1, 0.15) is 0 Å². The van der Waals surface area contributed by atoms with Crippen LogP contribution in [0.3, 0.4) is 0 Å². The average molecular weight is 275 g/mol. The van der Waals surface area contributed by atoms with E-state index in [2.05, 4.69) is 16.4 Å². The number of rotatable bonds is 3. The van der Waals surface area contributed by atoms with Gasteiger partial charge in [-0.2, -0.15) is 0 Å². The Morgan fingerprint density at radius 1 is 1.53 bits per heavy atom. The van der Waals surface area contributed by atoms with E-state index < -0.39 is 0 Å². The van der Waals surface area contributed by atoms with E-state index >= 15 is 0 Å². The molecule has 0 unspecified atom stereocenters. The van der Waals surface area contributed by atoms with Crippen LogP contribution >= 0.6 is 11.3 Å². The first-order valence-corrected chi connectivity index (χ1v) is 7.32. The topological polar surface area (TPSA) is 68.0 Å². The molecule has 0 bridgehead atoms. The molecule has 5 heteroatoms. The molecule has 0 spiro atoms. The van der Waals surface area contributed by atoms with Crippen molar-refractivity contribution in [3.8, 4) is 0 Å². The van der Waals surface area contributed by atoms with Crippen LogP contribution in [0.15, 0.2) is 18.2 Å². The van der Waals surface area contributed by atoms with Crippen molar-refractivity contribution >= 4 is 32.6 Å². The molecule has 1 fully saturated rings. The first kappa shape index (κ1) is 12.6. The predicted octanol–water partition coefficient (Wildman–Crippen LogP) is 2.81. The molecule has 1 aliphatic rings. The Morgan fingerprint density at radius 3 is 3.00 bits per heavy atom. The molecule has 0 atom stereocenters. The summed E-state index contributed by atoms with van der Waals surface area (Å²) in [5, 5.41) is 3.52. The number of aryl methyl sites for hydroxylation is 1. The van der Waals surface area contributed by atoms with Gasteiger partial charge < -0.3 is 11.1 Å². The van der Waals surface area contributed by atoms with Crippen LogP contribution in [0.2, 0.25) is 0 Å². The second-order valence-corrected chi connectivity index (χ2v) is 6.46. The van der Waals surface area contributed by atoms with E-state index in [1.165, 1.54) is 16.9 Å². The molecule has 100 valence electrons. The second kappa shape index (κ2) is 4.58. The molecule has 1 aliphatic carbocycles. The molecule has 4 nitrogen and oxygen atoms in total. The third-order valence-corrected chi connectivity index (χ3v) is 4.59. The Morgan fingerprint density at radius 2 is 2.32 bits per heavy atom. The fraction of sp³-hybridized carbons (Fsp3) is 0.429. The zero-order valence-electron chi connectivity index (χ0n) is 10.9. The van der Waals surface area contributed by atoms with Crippen molar-refractivity contribution in [2.45, 2.75) is 38.1 Å². The molecule has 19 heavy (non-hydrogen) atoms. The van der Waals surface area contributed by atoms with Crippen LogP contribution in [0.1, 0.15) is 31.2 Å². The number of hydrogen-bond acceptors (Lipinski definition) is 4. The number of aromatic nitrogens is 1. The summed E-state index contributed by atoms with van der Waals surface area (Å²) in [5.41, 5.74) is 7.92. The first-order chi connectivity index (χ1) is 9.04. The lowest BCUT2D eigenvalue weighted by Gasteiger charge is -2.37. The molecule has 0 saturated heterocycles. The Hall–Kier alpha value is -1.46. The van der Waals surface area contributed by atoms with Crippen molar-refractivity contribution in [3.63, 3.8) is 0 Å². The second-order valence-electron chi connectivity index (χ2n) is 5.43. The highest BCUT2D eigenvalue weighted by atomic mass is 32.1. The van der Waals surface area contributed by atoms with E-state index in [0.717, 1.165) is 29.5 Å². The highest BCUT2D eigenvalue weighted by molar-refractivity contribution is 7.22. The number of nitrogens with zero attached hydrogens (tertiary/aromatic N) is 1. The number of fused-ring (bicyclic) bond motifs is 1. The maximum Gasteiger partial charge on any atom is 0.228 e. The van der Waals surface area contributed by atoms with Gasteiger partial charge in [-0.25, -0.2) is 4.98 Å². The summed E-state index contributed by atoms with van der Waals surface area (Å²) in [6.07, 6.45) is 3.41. The van der Waals surface area contributed by atoms with Gasteiger partial charge in [0, 0.05) is 12.0 Å². The van der Waals surface area contributed by atoms with Crippen molar-refractivity contribution < 1.29 is 4.79 Å². The SMILES string of the molecule is Cc1ccc2nc(NC(=O)CC3(N)CCC3)sc2c1. The molecule has 1 saturated carbocycles. The van der Waals surface area contributed by atoms with E-state index in [1.54, 1.807) is 0 Å². The highest BCUT2D eigenvalue weighted by Crippen LogP contribution is 2.33. The maximum atomic E-state index is 11.9. The van der Waals surface area contributed by atoms with E-state index in [4.69, 9.17) is 5.73 Å². The minimum Gasteiger partial charge on any atom is -0.325 e. The van der Waals surface area contributed by atoms with Crippen LogP contribution in [0.5, 0.6) is 0 Å². The van der Waals surface area contributed by atoms with Gasteiger partial charge in [0.05, 0.1) is 10.2 Å². The molecule has 2 aromatic rings. The van der Waals surface area contributed by atoms with Crippen LogP contribution in [-0.2, 0) is 4.79 Å². The quantitative estimate of drug-likeness (QED) is 0.905. The van der Waals surface area contributed by atoms with E-state index in [-0.39, 0.29) is 11.4 Å². The summed E-state index contributed by atoms with van der Waals surface area (Å²) < 4.78 is 1.10. The maximum absolute atomic E-state index is 11.9. The van der Waals surface area contributed by atoms with E-state index in [1.807, 2.05) is 19.1 Å². The molecule has 1 aromatic heterocycles. The number of nitrogens with one attached hydrogen (secondary N) is 1. The fourth-order valence-electron chi connectivity index (χ4n) is 2.38. The number of benzene rings is 1. The van der Waals surface area contributed by atoms with Crippen molar-refractivity contribution in [1.29, 1.82) is 0 Å². The third kappa shape index (κ3) is 2.62. The lowest BCUT2D eigenvalue weighted by Crippen LogP contribution is -2.48. The molecular formula is C14H17N3OS. The zero-order chi connectivity index (χ0) is 13.5. The fourth-order valence-corrected chi connectivity index (χ4v) is 3.36. The summed E-state index contributed by atoms with van der Waals surface area (Å²) in [4.78, 5) is 16.4. The zero-order valence-corrected chi connectivity index (χ0v) is 11.7. The Balaban J connectivity index is 1.72. The Bertz CT molecular complexity index is 631. The number of thiazole rings is 1. The summed E-state index contributed by atoms with van der Waals surface area (Å²) in [6, 6.07) is 6.09. The van der Waals surface area contributed by atoms with E-state index in [9.17, 15) is 4.79 Å². The average Bonchev–Trinajstić information content (AvgIpc) is 2.67. The van der Waals surface area contributed by atoms with Crippen LogP contribution in [-0.4, -0.2) is 16.4 Å². The number of nitrogens with two attached hydrogens (primary N) is 1. The number of anilines is 1. The van der Waals surface area contributed by atoms with Gasteiger partial charge in [-0.05, 0) is 43.9 Å². The lowest BCUT2D eigenvalue weighted by atomic mass is 9.75. The van der Waals surface area contributed by atoms with Crippen LogP contribution in [0, 0.1) is 6.92 Å². The number of carbonyl (C=O) groups is 1. The van der Waals surface area contributed by atoms with Gasteiger partial charge in [-0.3, -0.25) is 4.79 Å². The molecule has 0 radical (unpaired) electrons. The summed E-state index contributed by atoms with van der Waals surface area (Å²) in [5.74, 6) is -0.0296. The molecular weight excluding hydrogens is 258 g/mol. The van der Waals surface area contributed by atoms with Crippen molar-refractivity contribution in [3.05, 3.63) is 23.8 Å². The first-order valence-electron chi connectivity index (χ1n) is 6.50. The van der Waals surface area contributed by atoms with Gasteiger partial charge in [0.15, 0.2) is 5.13 Å². The van der Waals surface area contributed by atoms with Gasteiger partial charge in [0.25, 0.3) is 0 Å². The third-order valence-electron chi connectivity index (χ3n) is 3.65. The largest absolute Gasteiger partial charge is 0.325 e. The summed E-state index contributed by atoms with van der Waals surface area (Å²) in [7, 11) is 0. The molecule has 3 N–H and O–H groups in total. The molecule has 0 aliphatic heterocycles. The molecule has 1 aromatic carbocycles. The monoisotopic (exact) mass is 275 g/mol. The van der Waals surface area contributed by atoms with Crippen LogP contribution < -0.4 is 11.1 Å². The normalized spacial score (nSPS) is 17.2. The molecule has 1 amide bonds. The minimum atomic E-state index is -0.280. The summed E-state index contributed by atoms with van der Waals surface area (Å²) >= 11 is 1.51. The molecule has 3 rings (SSSR count). The van der Waals surface area contributed by atoms with Crippen LogP contribution in [0.4, 0.5) is 5.13 Å². The van der Waals surface area contributed by atoms with Crippen molar-refractivity contribution in [2.24, 2.45) is 5.73 Å².